The summed E-state index contributed by atoms with van der Waals surface area (Å²) in [5.41, 5.74) is 2.39. The zero-order valence-electron chi connectivity index (χ0n) is 13.8. The second kappa shape index (κ2) is 7.85. The maximum absolute atomic E-state index is 12.9. The number of rotatable bonds is 6. The Balaban J connectivity index is 1.92. The lowest BCUT2D eigenvalue weighted by atomic mass is 10.1. The highest BCUT2D eigenvalue weighted by Gasteiger charge is 2.15. The molecule has 2 aromatic carbocycles. The van der Waals surface area contributed by atoms with Crippen molar-refractivity contribution in [3.05, 3.63) is 88.6 Å². The third kappa shape index (κ3) is 4.39. The second-order valence-corrected chi connectivity index (χ2v) is 6.01. The van der Waals surface area contributed by atoms with Crippen LogP contribution in [0.3, 0.4) is 0 Å². The van der Waals surface area contributed by atoms with Gasteiger partial charge in [0.25, 0.3) is 0 Å². The summed E-state index contributed by atoms with van der Waals surface area (Å²) in [5, 5.41) is 13.5. The molecule has 0 aliphatic heterocycles. The molecule has 0 amide bonds. The van der Waals surface area contributed by atoms with Crippen molar-refractivity contribution in [3.63, 3.8) is 0 Å². The maximum Gasteiger partial charge on any atom is 0.214 e. The molecular weight excluding hydrogens is 338 g/mol. The molecule has 0 saturated heterocycles. The maximum atomic E-state index is 12.9. The van der Waals surface area contributed by atoms with Gasteiger partial charge in [-0.2, -0.15) is 0 Å². The van der Waals surface area contributed by atoms with Gasteiger partial charge in [0, 0.05) is 28.5 Å². The van der Waals surface area contributed by atoms with Gasteiger partial charge in [-0.25, -0.2) is 9.72 Å². The summed E-state index contributed by atoms with van der Waals surface area (Å²) >= 11 is 5.97. The van der Waals surface area contributed by atoms with Gasteiger partial charge in [-0.15, -0.1) is 0 Å². The molecule has 0 unspecified atom stereocenters. The van der Waals surface area contributed by atoms with E-state index in [1.165, 1.54) is 0 Å². The van der Waals surface area contributed by atoms with E-state index in [0.717, 1.165) is 21.6 Å². The lowest BCUT2D eigenvalue weighted by Gasteiger charge is -2.13. The lowest BCUT2D eigenvalue weighted by Crippen LogP contribution is -2.22. The van der Waals surface area contributed by atoms with E-state index in [9.17, 15) is 5.21 Å². The molecule has 5 nitrogen and oxygen atoms in total. The molecule has 25 heavy (non-hydrogen) atoms. The molecule has 1 heterocycles. The van der Waals surface area contributed by atoms with E-state index in [0.29, 0.717) is 17.3 Å². The highest BCUT2D eigenvalue weighted by molar-refractivity contribution is 6.30. The van der Waals surface area contributed by atoms with Crippen molar-refractivity contribution >= 4 is 17.3 Å². The number of methoxy groups -OCH3 is 1. The van der Waals surface area contributed by atoms with E-state index in [-0.39, 0.29) is 6.54 Å². The van der Waals surface area contributed by atoms with Crippen molar-refractivity contribution in [1.82, 2.24) is 9.55 Å². The molecule has 3 rings (SSSR count). The number of imidazole rings is 1. The number of hydrogen-bond acceptors (Lipinski definition) is 3. The van der Waals surface area contributed by atoms with Crippen LogP contribution in [0.25, 0.3) is 0 Å². The van der Waals surface area contributed by atoms with E-state index in [1.807, 2.05) is 47.2 Å². The fraction of sp³-hybridized carbons (Fsp3) is 0.158. The molecule has 0 fully saturated rings. The molecule has 0 atom stereocenters. The Morgan fingerprint density at radius 2 is 1.88 bits per heavy atom. The number of ether oxygens (including phenoxy) is 1. The third-order valence-corrected chi connectivity index (χ3v) is 4.11. The summed E-state index contributed by atoms with van der Waals surface area (Å²) in [7, 11) is 1.62. The van der Waals surface area contributed by atoms with Crippen LogP contribution in [0.4, 0.5) is 0 Å². The van der Waals surface area contributed by atoms with Crippen LogP contribution in [0.15, 0.2) is 67.3 Å². The fourth-order valence-corrected chi connectivity index (χ4v) is 2.63. The minimum atomic E-state index is 0.247. The topological polar surface area (TPSA) is 53.1 Å². The predicted octanol–water partition coefficient (Wildman–Crippen LogP) is 3.74. The van der Waals surface area contributed by atoms with Crippen molar-refractivity contribution < 1.29 is 9.48 Å². The third-order valence-electron chi connectivity index (χ3n) is 3.86. The Labute approximate surface area is 151 Å². The molecule has 0 spiro atoms. The van der Waals surface area contributed by atoms with Crippen LogP contribution in [0, 0.1) is 5.21 Å². The van der Waals surface area contributed by atoms with Crippen LogP contribution in [0.2, 0.25) is 5.02 Å². The molecule has 0 bridgehead atoms. The average Bonchev–Trinajstić information content (AvgIpc) is 3.14. The monoisotopic (exact) mass is 355 g/mol. The summed E-state index contributed by atoms with van der Waals surface area (Å²) < 4.78 is 8.02. The number of hydrogen-bond donors (Lipinski definition) is 0. The first kappa shape index (κ1) is 17.0. The normalized spacial score (nSPS) is 11.9. The Morgan fingerprint density at radius 1 is 1.16 bits per heavy atom. The number of benzene rings is 2. The van der Waals surface area contributed by atoms with E-state index < -0.39 is 0 Å². The highest BCUT2D eigenvalue weighted by atomic mass is 35.5. The fourth-order valence-electron chi connectivity index (χ4n) is 2.50. The molecular formula is C19H18ClN3O2. The smallest absolute Gasteiger partial charge is 0.214 e. The van der Waals surface area contributed by atoms with Crippen molar-refractivity contribution in [2.45, 2.75) is 13.1 Å². The van der Waals surface area contributed by atoms with Gasteiger partial charge in [-0.1, -0.05) is 11.6 Å². The summed E-state index contributed by atoms with van der Waals surface area (Å²) in [5.74, 6) is 0.765. The number of hydroxylamine groups is 1. The first-order valence-corrected chi connectivity index (χ1v) is 8.18. The van der Waals surface area contributed by atoms with Gasteiger partial charge in [0.15, 0.2) is 6.54 Å². The summed E-state index contributed by atoms with van der Waals surface area (Å²) in [4.78, 5) is 4.04. The van der Waals surface area contributed by atoms with Crippen molar-refractivity contribution in [2.24, 2.45) is 0 Å². The minimum absolute atomic E-state index is 0.247. The molecule has 3 aromatic rings. The van der Waals surface area contributed by atoms with Crippen molar-refractivity contribution in [3.8, 4) is 5.75 Å². The molecule has 0 aliphatic rings. The minimum Gasteiger partial charge on any atom is -0.623 e. The van der Waals surface area contributed by atoms with Gasteiger partial charge in [-0.05, 0) is 48.5 Å². The van der Waals surface area contributed by atoms with Crippen LogP contribution in [-0.2, 0) is 13.1 Å². The highest BCUT2D eigenvalue weighted by Crippen LogP contribution is 2.14. The van der Waals surface area contributed by atoms with Crippen LogP contribution in [0.5, 0.6) is 5.75 Å². The van der Waals surface area contributed by atoms with E-state index in [2.05, 4.69) is 4.98 Å². The number of aromatic nitrogens is 2. The van der Waals surface area contributed by atoms with Crippen LogP contribution in [-0.4, -0.2) is 27.1 Å². The van der Waals surface area contributed by atoms with Gasteiger partial charge in [0.1, 0.15) is 12.3 Å². The van der Waals surface area contributed by atoms with Gasteiger partial charge in [0.2, 0.25) is 5.71 Å². The lowest BCUT2D eigenvalue weighted by molar-refractivity contribution is -0.475. The summed E-state index contributed by atoms with van der Waals surface area (Å²) in [6.45, 7) is 0.679. The van der Waals surface area contributed by atoms with Gasteiger partial charge < -0.3 is 14.5 Å². The molecule has 1 aromatic heterocycles. The van der Waals surface area contributed by atoms with Gasteiger partial charge in [-0.3, -0.25) is 0 Å². The quantitative estimate of drug-likeness (QED) is 0.293. The van der Waals surface area contributed by atoms with Crippen LogP contribution >= 0.6 is 11.6 Å². The van der Waals surface area contributed by atoms with Gasteiger partial charge >= 0.3 is 0 Å². The zero-order chi connectivity index (χ0) is 17.6. The van der Waals surface area contributed by atoms with Gasteiger partial charge in [0.05, 0.1) is 13.4 Å². The second-order valence-electron chi connectivity index (χ2n) is 5.57. The average molecular weight is 356 g/mol. The van der Waals surface area contributed by atoms with Crippen molar-refractivity contribution in [2.75, 3.05) is 7.11 Å². The van der Waals surface area contributed by atoms with E-state index in [1.54, 1.807) is 31.8 Å². The SMILES string of the molecule is COc1ccc(C/[N+]([O-])=C(\Cn2ccnc2)c2ccc(Cl)cc2)cc1. The predicted molar refractivity (Wildman–Crippen MR) is 98.1 cm³/mol. The number of halogens is 1. The van der Waals surface area contributed by atoms with E-state index >= 15 is 0 Å². The molecule has 6 heteroatoms. The molecule has 0 aliphatic carbocycles. The number of nitrogens with zero attached hydrogens (tertiary/aromatic N) is 3. The largest absolute Gasteiger partial charge is 0.623 e. The van der Waals surface area contributed by atoms with E-state index in [4.69, 9.17) is 16.3 Å². The van der Waals surface area contributed by atoms with Crippen LogP contribution in [0.1, 0.15) is 11.1 Å². The summed E-state index contributed by atoms with van der Waals surface area (Å²) in [6.07, 6.45) is 5.21. The molecule has 128 valence electrons. The Hall–Kier alpha value is -2.79. The zero-order valence-corrected chi connectivity index (χ0v) is 14.6. The van der Waals surface area contributed by atoms with Crippen LogP contribution < -0.4 is 4.74 Å². The Kier molecular flexibility index (Phi) is 5.36. The first-order chi connectivity index (χ1) is 12.2. The molecule has 0 saturated carbocycles. The standard InChI is InChI=1S/C19H18ClN3O2/c1-25-18-8-2-15(3-9-18)12-23(24)19(13-22-11-10-21-14-22)16-4-6-17(20)7-5-16/h2-11,14H,12-13H2,1H3/b23-19-. The summed E-state index contributed by atoms with van der Waals surface area (Å²) in [6, 6.07) is 14.8. The Morgan fingerprint density at radius 3 is 2.48 bits per heavy atom. The van der Waals surface area contributed by atoms with Crippen molar-refractivity contribution in [1.29, 1.82) is 0 Å². The molecule has 0 N–H and O–H groups in total. The molecule has 0 radical (unpaired) electrons. The first-order valence-electron chi connectivity index (χ1n) is 7.81. The Bertz CT molecular complexity index is 841.